The molecule has 0 radical (unpaired) electrons. The average molecular weight is 471 g/mol. The topological polar surface area (TPSA) is 88.9 Å². The van der Waals surface area contributed by atoms with Crippen LogP contribution in [0.4, 0.5) is 0 Å². The van der Waals surface area contributed by atoms with Crippen LogP contribution in [0, 0.1) is 13.8 Å². The normalized spacial score (nSPS) is 19.2. The van der Waals surface area contributed by atoms with E-state index in [1.807, 2.05) is 16.8 Å². The van der Waals surface area contributed by atoms with E-state index in [2.05, 4.69) is 69.6 Å². The fraction of sp³-hybridized carbons (Fsp3) is 0.407. The minimum atomic E-state index is -0.366. The number of benzene rings is 2. The smallest absolute Gasteiger partial charge is 0.253 e. The van der Waals surface area contributed by atoms with E-state index < -0.39 is 0 Å². The summed E-state index contributed by atoms with van der Waals surface area (Å²) in [5.74, 6) is 0.688. The van der Waals surface area contributed by atoms with Gasteiger partial charge in [-0.05, 0) is 89.4 Å². The van der Waals surface area contributed by atoms with Crippen LogP contribution in [0.1, 0.15) is 52.5 Å². The molecule has 35 heavy (non-hydrogen) atoms. The number of nitrogens with zero attached hydrogens (tertiary/aromatic N) is 5. The summed E-state index contributed by atoms with van der Waals surface area (Å²) >= 11 is 0. The maximum atomic E-state index is 13.5. The Morgan fingerprint density at radius 1 is 1.14 bits per heavy atom. The van der Waals surface area contributed by atoms with Crippen LogP contribution in [-0.4, -0.2) is 49.3 Å². The van der Waals surface area contributed by atoms with Gasteiger partial charge in [0.25, 0.3) is 5.56 Å². The van der Waals surface area contributed by atoms with Crippen molar-refractivity contribution in [2.24, 2.45) is 0 Å². The molecule has 4 aromatic rings. The standard InChI is InChI=1S/C27H30N6O2/c1-17-12-21-14-23(27(34)28-24(21)13-18(17)2)25(32-10-9-19-6-3-4-7-20(19)15-32)26-29-30-31-33(26)16-22-8-5-11-35-22/h3-4,6-7,12-14,22,25H,5,8-11,15-16H2,1-2H3,(H,28,34)/t22-,25-/m1/s1. The zero-order valence-electron chi connectivity index (χ0n) is 20.2. The van der Waals surface area contributed by atoms with Gasteiger partial charge in [-0.1, -0.05) is 24.3 Å². The third-order valence-electron chi connectivity index (χ3n) is 7.51. The molecular formula is C27H30N6O2. The fourth-order valence-electron chi connectivity index (χ4n) is 5.45. The summed E-state index contributed by atoms with van der Waals surface area (Å²) in [6, 6.07) is 14.4. The van der Waals surface area contributed by atoms with Gasteiger partial charge in [-0.2, -0.15) is 0 Å². The summed E-state index contributed by atoms with van der Waals surface area (Å²) in [5.41, 5.74) is 6.42. The lowest BCUT2D eigenvalue weighted by Crippen LogP contribution is -2.39. The van der Waals surface area contributed by atoms with E-state index in [4.69, 9.17) is 4.74 Å². The summed E-state index contributed by atoms with van der Waals surface area (Å²) in [5, 5.41) is 13.8. The summed E-state index contributed by atoms with van der Waals surface area (Å²) < 4.78 is 7.71. The Morgan fingerprint density at radius 3 is 2.80 bits per heavy atom. The number of aromatic amines is 1. The van der Waals surface area contributed by atoms with Gasteiger partial charge in [-0.15, -0.1) is 5.10 Å². The third-order valence-corrected chi connectivity index (χ3v) is 7.51. The monoisotopic (exact) mass is 470 g/mol. The largest absolute Gasteiger partial charge is 0.376 e. The quantitative estimate of drug-likeness (QED) is 0.481. The predicted octanol–water partition coefficient (Wildman–Crippen LogP) is 3.46. The summed E-state index contributed by atoms with van der Waals surface area (Å²) in [4.78, 5) is 19.0. The molecule has 0 aliphatic carbocycles. The first-order valence-electron chi connectivity index (χ1n) is 12.4. The highest BCUT2D eigenvalue weighted by Gasteiger charge is 2.33. The highest BCUT2D eigenvalue weighted by atomic mass is 16.5. The molecule has 6 rings (SSSR count). The van der Waals surface area contributed by atoms with Crippen molar-refractivity contribution in [2.45, 2.75) is 58.3 Å². The van der Waals surface area contributed by atoms with Crippen LogP contribution in [0.25, 0.3) is 10.9 Å². The number of aryl methyl sites for hydroxylation is 2. The van der Waals surface area contributed by atoms with Crippen molar-refractivity contribution in [3.8, 4) is 0 Å². The highest BCUT2D eigenvalue weighted by Crippen LogP contribution is 2.32. The second-order valence-electron chi connectivity index (χ2n) is 9.82. The molecule has 4 heterocycles. The Hall–Kier alpha value is -3.36. The van der Waals surface area contributed by atoms with Gasteiger partial charge in [0.15, 0.2) is 5.82 Å². The molecule has 0 unspecified atom stereocenters. The lowest BCUT2D eigenvalue weighted by Gasteiger charge is -2.35. The second-order valence-corrected chi connectivity index (χ2v) is 9.82. The van der Waals surface area contributed by atoms with Crippen LogP contribution in [-0.2, 0) is 24.2 Å². The minimum absolute atomic E-state index is 0.0977. The number of rotatable bonds is 5. The molecule has 2 aromatic heterocycles. The van der Waals surface area contributed by atoms with Crippen LogP contribution < -0.4 is 5.56 Å². The number of ether oxygens (including phenoxy) is 1. The lowest BCUT2D eigenvalue weighted by molar-refractivity contribution is 0.0904. The molecule has 1 N–H and O–H groups in total. The maximum absolute atomic E-state index is 13.5. The van der Waals surface area contributed by atoms with Gasteiger partial charge in [0, 0.05) is 30.8 Å². The Labute approximate surface area is 203 Å². The summed E-state index contributed by atoms with van der Waals surface area (Å²) in [6.07, 6.45) is 3.07. The molecule has 2 aliphatic rings. The van der Waals surface area contributed by atoms with Crippen molar-refractivity contribution >= 4 is 10.9 Å². The van der Waals surface area contributed by atoms with Crippen molar-refractivity contribution in [3.63, 3.8) is 0 Å². The van der Waals surface area contributed by atoms with Crippen molar-refractivity contribution in [3.05, 3.63) is 86.5 Å². The molecule has 0 bridgehead atoms. The molecule has 8 heteroatoms. The molecule has 8 nitrogen and oxygen atoms in total. The van der Waals surface area contributed by atoms with Crippen LogP contribution in [0.3, 0.4) is 0 Å². The molecule has 0 saturated carbocycles. The number of aromatic nitrogens is 5. The third kappa shape index (κ3) is 4.17. The first-order chi connectivity index (χ1) is 17.1. The zero-order chi connectivity index (χ0) is 23.9. The number of H-pyrrole nitrogens is 1. The van der Waals surface area contributed by atoms with Gasteiger partial charge >= 0.3 is 0 Å². The van der Waals surface area contributed by atoms with Gasteiger partial charge in [0.05, 0.1) is 12.6 Å². The van der Waals surface area contributed by atoms with Crippen molar-refractivity contribution in [2.75, 3.05) is 13.2 Å². The first-order valence-corrected chi connectivity index (χ1v) is 12.4. The molecule has 1 saturated heterocycles. The molecule has 1 fully saturated rings. The molecule has 2 atom stereocenters. The van der Waals surface area contributed by atoms with Crippen LogP contribution in [0.2, 0.25) is 0 Å². The Kier molecular flexibility index (Phi) is 5.70. The molecular weight excluding hydrogens is 440 g/mol. The highest BCUT2D eigenvalue weighted by molar-refractivity contribution is 5.81. The summed E-state index contributed by atoms with van der Waals surface area (Å²) in [7, 11) is 0. The molecule has 0 spiro atoms. The van der Waals surface area contributed by atoms with Gasteiger partial charge in [-0.3, -0.25) is 9.69 Å². The molecule has 2 aromatic carbocycles. The number of nitrogens with one attached hydrogen (secondary N) is 1. The van der Waals surface area contributed by atoms with E-state index in [0.717, 1.165) is 55.4 Å². The van der Waals surface area contributed by atoms with E-state index in [1.54, 1.807) is 0 Å². The predicted molar refractivity (Wildman–Crippen MR) is 133 cm³/mol. The van der Waals surface area contributed by atoms with E-state index in [1.165, 1.54) is 16.7 Å². The van der Waals surface area contributed by atoms with E-state index in [0.29, 0.717) is 17.9 Å². The molecule has 0 amide bonds. The van der Waals surface area contributed by atoms with Gasteiger partial charge in [-0.25, -0.2) is 4.68 Å². The molecule has 180 valence electrons. The van der Waals surface area contributed by atoms with Crippen molar-refractivity contribution in [1.82, 2.24) is 30.1 Å². The first kappa shape index (κ1) is 22.1. The fourth-order valence-corrected chi connectivity index (χ4v) is 5.45. The average Bonchev–Trinajstić information content (AvgIpc) is 3.54. The van der Waals surface area contributed by atoms with E-state index in [-0.39, 0.29) is 17.7 Å². The number of hydrogen-bond acceptors (Lipinski definition) is 6. The summed E-state index contributed by atoms with van der Waals surface area (Å²) in [6.45, 7) is 7.08. The SMILES string of the molecule is Cc1cc2cc([C@H](c3nnnn3C[C@H]3CCCO3)N3CCc4ccccc4C3)c(=O)[nH]c2cc1C. The number of tetrazole rings is 1. The van der Waals surface area contributed by atoms with Gasteiger partial charge in [0.1, 0.15) is 6.04 Å². The van der Waals surface area contributed by atoms with Gasteiger partial charge in [0.2, 0.25) is 0 Å². The van der Waals surface area contributed by atoms with E-state index in [9.17, 15) is 4.79 Å². The maximum Gasteiger partial charge on any atom is 0.253 e. The number of fused-ring (bicyclic) bond motifs is 2. The zero-order valence-corrected chi connectivity index (χ0v) is 20.2. The van der Waals surface area contributed by atoms with Crippen molar-refractivity contribution in [1.29, 1.82) is 0 Å². The second kappa shape index (κ2) is 9.02. The van der Waals surface area contributed by atoms with E-state index >= 15 is 0 Å². The van der Waals surface area contributed by atoms with Crippen LogP contribution in [0.5, 0.6) is 0 Å². The Balaban J connectivity index is 1.47. The number of pyridine rings is 1. The van der Waals surface area contributed by atoms with Crippen LogP contribution in [0.15, 0.2) is 47.3 Å². The van der Waals surface area contributed by atoms with Gasteiger partial charge < -0.3 is 9.72 Å². The van der Waals surface area contributed by atoms with Crippen molar-refractivity contribution < 1.29 is 4.74 Å². The Bertz CT molecular complexity index is 1440. The Morgan fingerprint density at radius 2 is 1.97 bits per heavy atom. The number of hydrogen-bond donors (Lipinski definition) is 1. The molecule has 2 aliphatic heterocycles. The van der Waals surface area contributed by atoms with Crippen LogP contribution >= 0.6 is 0 Å². The lowest BCUT2D eigenvalue weighted by atomic mass is 9.95. The minimum Gasteiger partial charge on any atom is -0.376 e.